The number of hydrogen-bond donors (Lipinski definition) is 3. The maximum atomic E-state index is 12.2. The summed E-state index contributed by atoms with van der Waals surface area (Å²) in [6.07, 6.45) is 0. The number of carbonyl (C=O) groups is 1. The Morgan fingerprint density at radius 1 is 1.44 bits per heavy atom. The van der Waals surface area contributed by atoms with Crippen LogP contribution in [0.25, 0.3) is 0 Å². The number of thioether (sulfide) groups is 1. The molecule has 10 nitrogen and oxygen atoms in total. The third-order valence-corrected chi connectivity index (χ3v) is 5.70. The third kappa shape index (κ3) is 4.61. The number of hydrogen-bond acceptors (Lipinski definition) is 8. The van der Waals surface area contributed by atoms with E-state index in [1.165, 1.54) is 39.4 Å². The van der Waals surface area contributed by atoms with Crippen LogP contribution in [0.5, 0.6) is 5.75 Å². The van der Waals surface area contributed by atoms with Gasteiger partial charge in [0.2, 0.25) is 27.0 Å². The van der Waals surface area contributed by atoms with Crippen LogP contribution in [-0.4, -0.2) is 60.8 Å². The van der Waals surface area contributed by atoms with E-state index < -0.39 is 10.0 Å². The minimum Gasteiger partial charge on any atom is -0.495 e. The van der Waals surface area contributed by atoms with Gasteiger partial charge >= 0.3 is 0 Å². The summed E-state index contributed by atoms with van der Waals surface area (Å²) >= 11 is 1.08. The van der Waals surface area contributed by atoms with Gasteiger partial charge < -0.3 is 15.8 Å². The van der Waals surface area contributed by atoms with Crippen molar-refractivity contribution in [3.8, 4) is 5.75 Å². The molecule has 136 valence electrons. The number of aromatic nitrogens is 3. The van der Waals surface area contributed by atoms with Crippen LogP contribution < -0.4 is 15.8 Å². The molecule has 0 bridgehead atoms. The van der Waals surface area contributed by atoms with E-state index in [4.69, 9.17) is 10.5 Å². The number of anilines is 2. The predicted molar refractivity (Wildman–Crippen MR) is 94.0 cm³/mol. The Bertz CT molecular complexity index is 865. The number of nitrogen functional groups attached to an aromatic ring is 1. The van der Waals surface area contributed by atoms with Crippen LogP contribution in [-0.2, 0) is 14.8 Å². The Morgan fingerprint density at radius 2 is 2.16 bits per heavy atom. The Kier molecular flexibility index (Phi) is 5.87. The van der Waals surface area contributed by atoms with Gasteiger partial charge in [-0.15, -0.1) is 5.10 Å². The molecule has 1 amide bonds. The van der Waals surface area contributed by atoms with Crippen LogP contribution in [0.3, 0.4) is 0 Å². The number of benzene rings is 1. The number of nitrogens with one attached hydrogen (secondary N) is 2. The van der Waals surface area contributed by atoms with Crippen LogP contribution >= 0.6 is 11.8 Å². The number of amides is 1. The molecule has 0 radical (unpaired) electrons. The van der Waals surface area contributed by atoms with Gasteiger partial charge in [-0.2, -0.15) is 4.98 Å². The largest absolute Gasteiger partial charge is 0.495 e. The van der Waals surface area contributed by atoms with Gasteiger partial charge in [0.25, 0.3) is 0 Å². The minimum atomic E-state index is -3.63. The first kappa shape index (κ1) is 19.0. The first-order chi connectivity index (χ1) is 11.7. The fourth-order valence-electron chi connectivity index (χ4n) is 1.80. The number of ether oxygens (including phenoxy) is 1. The van der Waals surface area contributed by atoms with Crippen molar-refractivity contribution in [3.63, 3.8) is 0 Å². The fourth-order valence-corrected chi connectivity index (χ4v) is 3.33. The van der Waals surface area contributed by atoms with Gasteiger partial charge in [-0.3, -0.25) is 4.79 Å². The third-order valence-electron chi connectivity index (χ3n) is 3.04. The van der Waals surface area contributed by atoms with Gasteiger partial charge in [-0.25, -0.2) is 17.8 Å². The zero-order chi connectivity index (χ0) is 18.6. The summed E-state index contributed by atoms with van der Waals surface area (Å²) < 4.78 is 30.7. The SMILES string of the molecule is COc1ccc(S(=O)(=O)N(C)C)cc1NC(=O)CSc1n[nH]c(N)n1. The molecule has 0 spiro atoms. The molecule has 2 aromatic rings. The lowest BCUT2D eigenvalue weighted by Gasteiger charge is -2.15. The van der Waals surface area contributed by atoms with Crippen molar-refractivity contribution < 1.29 is 17.9 Å². The van der Waals surface area contributed by atoms with E-state index in [0.29, 0.717) is 10.9 Å². The molecular weight excluding hydrogens is 368 g/mol. The molecule has 1 aromatic heterocycles. The monoisotopic (exact) mass is 386 g/mol. The van der Waals surface area contributed by atoms with E-state index in [1.807, 2.05) is 0 Å². The number of aromatic amines is 1. The zero-order valence-corrected chi connectivity index (χ0v) is 15.4. The molecule has 12 heteroatoms. The smallest absolute Gasteiger partial charge is 0.242 e. The van der Waals surface area contributed by atoms with E-state index in [9.17, 15) is 13.2 Å². The van der Waals surface area contributed by atoms with Gasteiger partial charge in [0.1, 0.15) is 5.75 Å². The Balaban J connectivity index is 2.15. The summed E-state index contributed by atoms with van der Waals surface area (Å²) in [6, 6.07) is 4.24. The summed E-state index contributed by atoms with van der Waals surface area (Å²) in [6.45, 7) is 0. The quantitative estimate of drug-likeness (QED) is 0.579. The van der Waals surface area contributed by atoms with Crippen LogP contribution in [0.2, 0.25) is 0 Å². The molecule has 0 saturated carbocycles. The molecule has 1 aromatic carbocycles. The highest BCUT2D eigenvalue weighted by atomic mass is 32.2. The summed E-state index contributed by atoms with van der Waals surface area (Å²) in [5.74, 6) is 0.154. The molecule has 4 N–H and O–H groups in total. The predicted octanol–water partition coefficient (Wildman–Crippen LogP) is 0.377. The van der Waals surface area contributed by atoms with Gasteiger partial charge in [0.15, 0.2) is 0 Å². The maximum Gasteiger partial charge on any atom is 0.242 e. The van der Waals surface area contributed by atoms with Crippen molar-refractivity contribution in [2.75, 3.05) is 38.0 Å². The molecule has 0 saturated heterocycles. The van der Waals surface area contributed by atoms with Crippen molar-refractivity contribution in [3.05, 3.63) is 18.2 Å². The van der Waals surface area contributed by atoms with Crippen LogP contribution in [0.15, 0.2) is 28.3 Å². The number of methoxy groups -OCH3 is 1. The number of nitrogens with zero attached hydrogens (tertiary/aromatic N) is 3. The first-order valence-electron chi connectivity index (χ1n) is 6.95. The molecular formula is C13H18N6O4S2. The van der Waals surface area contributed by atoms with Gasteiger partial charge in [0, 0.05) is 14.1 Å². The molecule has 0 aliphatic heterocycles. The number of sulfonamides is 1. The molecule has 0 aliphatic carbocycles. The van der Waals surface area contributed by atoms with Crippen LogP contribution in [0, 0.1) is 0 Å². The van der Waals surface area contributed by atoms with Crippen LogP contribution in [0.4, 0.5) is 11.6 Å². The summed E-state index contributed by atoms with van der Waals surface area (Å²) in [4.78, 5) is 16.0. The molecule has 0 atom stereocenters. The second-order valence-electron chi connectivity index (χ2n) is 4.99. The van der Waals surface area contributed by atoms with Crippen molar-refractivity contribution in [2.24, 2.45) is 0 Å². The van der Waals surface area contributed by atoms with E-state index in [1.54, 1.807) is 0 Å². The van der Waals surface area contributed by atoms with E-state index in [-0.39, 0.29) is 28.2 Å². The highest BCUT2D eigenvalue weighted by Crippen LogP contribution is 2.28. The zero-order valence-electron chi connectivity index (χ0n) is 13.8. The first-order valence-corrected chi connectivity index (χ1v) is 9.37. The average molecular weight is 386 g/mol. The second-order valence-corrected chi connectivity index (χ2v) is 8.08. The van der Waals surface area contributed by atoms with E-state index >= 15 is 0 Å². The number of nitrogens with two attached hydrogens (primary N) is 1. The Hall–Kier alpha value is -2.31. The standard InChI is InChI=1S/C13H18N6O4S2/c1-19(2)25(21,22)8-4-5-10(23-3)9(6-8)15-11(20)7-24-13-16-12(14)17-18-13/h4-6H,7H2,1-3H3,(H,15,20)(H3,14,16,17,18). The molecule has 0 unspecified atom stereocenters. The van der Waals surface area contributed by atoms with Crippen molar-refractivity contribution >= 4 is 39.3 Å². The Labute approximate surface area is 149 Å². The molecule has 25 heavy (non-hydrogen) atoms. The molecule has 2 rings (SSSR count). The highest BCUT2D eigenvalue weighted by molar-refractivity contribution is 7.99. The lowest BCUT2D eigenvalue weighted by molar-refractivity contribution is -0.113. The number of H-pyrrole nitrogens is 1. The second kappa shape index (κ2) is 7.72. The van der Waals surface area contributed by atoms with E-state index in [2.05, 4.69) is 20.5 Å². The van der Waals surface area contributed by atoms with Crippen molar-refractivity contribution in [2.45, 2.75) is 10.1 Å². The van der Waals surface area contributed by atoms with Gasteiger partial charge in [0.05, 0.1) is 23.4 Å². The summed E-state index contributed by atoms with van der Waals surface area (Å²) in [5, 5.41) is 9.24. The normalized spacial score (nSPS) is 11.5. The summed E-state index contributed by atoms with van der Waals surface area (Å²) in [7, 11) is 0.653. The lowest BCUT2D eigenvalue weighted by Crippen LogP contribution is -2.22. The molecule has 1 heterocycles. The average Bonchev–Trinajstić information content (AvgIpc) is 2.98. The number of rotatable bonds is 7. The Morgan fingerprint density at radius 3 is 2.72 bits per heavy atom. The fraction of sp³-hybridized carbons (Fsp3) is 0.308. The minimum absolute atomic E-state index is 0.0190. The highest BCUT2D eigenvalue weighted by Gasteiger charge is 2.20. The number of carbonyl (C=O) groups excluding carboxylic acids is 1. The van der Waals surface area contributed by atoms with Crippen molar-refractivity contribution in [1.82, 2.24) is 19.5 Å². The maximum absolute atomic E-state index is 12.2. The van der Waals surface area contributed by atoms with Gasteiger partial charge in [-0.05, 0) is 18.2 Å². The summed E-state index contributed by atoms with van der Waals surface area (Å²) in [5.41, 5.74) is 5.66. The lowest BCUT2D eigenvalue weighted by atomic mass is 10.3. The molecule has 0 fully saturated rings. The van der Waals surface area contributed by atoms with Crippen LogP contribution in [0.1, 0.15) is 0 Å². The molecule has 0 aliphatic rings. The topological polar surface area (TPSA) is 143 Å². The van der Waals surface area contributed by atoms with E-state index in [0.717, 1.165) is 16.1 Å². The van der Waals surface area contributed by atoms with Crippen molar-refractivity contribution in [1.29, 1.82) is 0 Å². The van der Waals surface area contributed by atoms with Gasteiger partial charge in [-0.1, -0.05) is 11.8 Å².